The molecular weight excluding hydrogens is 286 g/mol. The number of nitrogens with two attached hydrogens (primary N) is 1. The molecule has 1 aliphatic carbocycles. The predicted molar refractivity (Wildman–Crippen MR) is 93.2 cm³/mol. The summed E-state index contributed by atoms with van der Waals surface area (Å²) in [6, 6.07) is 9.44. The number of benzene rings is 1. The minimum atomic E-state index is 0.0107. The van der Waals surface area contributed by atoms with Crippen molar-refractivity contribution in [2.45, 2.75) is 63.1 Å². The summed E-state index contributed by atoms with van der Waals surface area (Å²) in [5.41, 5.74) is 8.39. The molecule has 3 N–H and O–H groups in total. The first-order chi connectivity index (χ1) is 11.0. The number of hydrogen-bond donors (Lipinski definition) is 2. The lowest BCUT2D eigenvalue weighted by atomic mass is 10.0. The molecule has 3 rings (SSSR count). The van der Waals surface area contributed by atoms with Crippen LogP contribution in [0.5, 0.6) is 0 Å². The van der Waals surface area contributed by atoms with Gasteiger partial charge in [-0.25, -0.2) is 0 Å². The van der Waals surface area contributed by atoms with Gasteiger partial charge in [0.25, 0.3) is 0 Å². The Kier molecular flexibility index (Phi) is 4.74. The molecule has 2 atom stereocenters. The number of nitrogens with one attached hydrogen (secondary N) is 1. The van der Waals surface area contributed by atoms with Crippen molar-refractivity contribution in [3.8, 4) is 0 Å². The van der Waals surface area contributed by atoms with E-state index in [9.17, 15) is 4.79 Å². The largest absolute Gasteiger partial charge is 0.350 e. The van der Waals surface area contributed by atoms with Crippen LogP contribution in [0.1, 0.15) is 43.2 Å². The molecule has 1 saturated carbocycles. The van der Waals surface area contributed by atoms with Crippen LogP contribution in [-0.4, -0.2) is 42.0 Å². The van der Waals surface area contributed by atoms with Gasteiger partial charge in [0.2, 0.25) is 5.91 Å². The topological polar surface area (TPSA) is 58.4 Å². The van der Waals surface area contributed by atoms with Crippen LogP contribution in [0.2, 0.25) is 0 Å². The number of aryl methyl sites for hydroxylation is 1. The van der Waals surface area contributed by atoms with Crippen molar-refractivity contribution in [3.63, 3.8) is 0 Å². The van der Waals surface area contributed by atoms with Crippen molar-refractivity contribution in [1.82, 2.24) is 10.2 Å². The van der Waals surface area contributed by atoms with Crippen molar-refractivity contribution in [3.05, 3.63) is 35.4 Å². The van der Waals surface area contributed by atoms with E-state index >= 15 is 0 Å². The standard InChI is InChI=1S/C19H29N3O/c1-14-3-5-15(6-4-14)12-19(9-10-19)21-18(23)11-16-7-8-17(13-20)22(16)2/h3-6,16-17H,7-13,20H2,1-2H3,(H,21,23)/t16-,17+/m0/s1. The average molecular weight is 315 g/mol. The summed E-state index contributed by atoms with van der Waals surface area (Å²) in [4.78, 5) is 14.8. The lowest BCUT2D eigenvalue weighted by Gasteiger charge is -2.25. The van der Waals surface area contributed by atoms with Gasteiger partial charge in [0.1, 0.15) is 0 Å². The third-order valence-corrected chi connectivity index (χ3v) is 5.60. The van der Waals surface area contributed by atoms with Crippen molar-refractivity contribution >= 4 is 5.91 Å². The number of likely N-dealkylation sites (N-methyl/N-ethyl adjacent to an activating group) is 1. The van der Waals surface area contributed by atoms with E-state index in [2.05, 4.69) is 48.5 Å². The fourth-order valence-electron chi connectivity index (χ4n) is 3.77. The molecule has 2 fully saturated rings. The number of amides is 1. The molecule has 1 aromatic rings. The van der Waals surface area contributed by atoms with E-state index in [0.717, 1.165) is 32.1 Å². The Morgan fingerprint density at radius 2 is 1.91 bits per heavy atom. The van der Waals surface area contributed by atoms with Crippen LogP contribution in [0.15, 0.2) is 24.3 Å². The van der Waals surface area contributed by atoms with Gasteiger partial charge in [0, 0.05) is 30.6 Å². The molecule has 1 aromatic carbocycles. The molecule has 23 heavy (non-hydrogen) atoms. The summed E-state index contributed by atoms with van der Waals surface area (Å²) in [7, 11) is 2.10. The highest BCUT2D eigenvalue weighted by molar-refractivity contribution is 5.78. The first kappa shape index (κ1) is 16.5. The average Bonchev–Trinajstić information content (AvgIpc) is 3.18. The van der Waals surface area contributed by atoms with Crippen molar-refractivity contribution in [1.29, 1.82) is 0 Å². The highest BCUT2D eigenvalue weighted by Crippen LogP contribution is 2.39. The third kappa shape index (κ3) is 3.93. The van der Waals surface area contributed by atoms with Crippen molar-refractivity contribution in [2.24, 2.45) is 5.73 Å². The highest BCUT2D eigenvalue weighted by Gasteiger charge is 2.44. The highest BCUT2D eigenvalue weighted by atomic mass is 16.1. The number of rotatable bonds is 6. The zero-order chi connectivity index (χ0) is 16.4. The Morgan fingerprint density at radius 3 is 2.48 bits per heavy atom. The van der Waals surface area contributed by atoms with Crippen LogP contribution in [0, 0.1) is 6.92 Å². The van der Waals surface area contributed by atoms with Gasteiger partial charge in [0.15, 0.2) is 0 Å². The first-order valence-corrected chi connectivity index (χ1v) is 8.80. The van der Waals surface area contributed by atoms with Crippen LogP contribution in [-0.2, 0) is 11.2 Å². The van der Waals surface area contributed by atoms with Crippen molar-refractivity contribution in [2.75, 3.05) is 13.6 Å². The Hall–Kier alpha value is -1.39. The SMILES string of the molecule is Cc1ccc(CC2(NC(=O)C[C@@H]3CC[C@H](CN)N3C)CC2)cc1. The number of likely N-dealkylation sites (tertiary alicyclic amines) is 1. The number of carbonyl (C=O) groups is 1. The molecule has 1 heterocycles. The molecule has 1 saturated heterocycles. The Morgan fingerprint density at radius 1 is 1.26 bits per heavy atom. The first-order valence-electron chi connectivity index (χ1n) is 8.80. The van der Waals surface area contributed by atoms with E-state index in [0.29, 0.717) is 25.0 Å². The van der Waals surface area contributed by atoms with Crippen molar-refractivity contribution < 1.29 is 4.79 Å². The Bertz CT molecular complexity index is 550. The van der Waals surface area contributed by atoms with Crippen LogP contribution >= 0.6 is 0 Å². The summed E-state index contributed by atoms with van der Waals surface area (Å²) >= 11 is 0. The summed E-state index contributed by atoms with van der Waals surface area (Å²) in [6.07, 6.45) is 5.93. The minimum Gasteiger partial charge on any atom is -0.350 e. The summed E-state index contributed by atoms with van der Waals surface area (Å²) < 4.78 is 0. The molecule has 1 aliphatic heterocycles. The van der Waals surface area contributed by atoms with E-state index < -0.39 is 0 Å². The molecule has 0 unspecified atom stereocenters. The molecular formula is C19H29N3O. The Balaban J connectivity index is 1.52. The van der Waals surface area contributed by atoms with Gasteiger partial charge in [0.05, 0.1) is 0 Å². The van der Waals surface area contributed by atoms with E-state index in [1.807, 2.05) is 0 Å². The van der Waals surface area contributed by atoms with Gasteiger partial charge in [-0.15, -0.1) is 0 Å². The molecule has 2 aliphatic rings. The second-order valence-electron chi connectivity index (χ2n) is 7.48. The molecule has 0 bridgehead atoms. The van der Waals surface area contributed by atoms with Crippen LogP contribution in [0.3, 0.4) is 0 Å². The number of carbonyl (C=O) groups excluding carboxylic acids is 1. The van der Waals surface area contributed by atoms with Crippen LogP contribution < -0.4 is 11.1 Å². The van der Waals surface area contributed by atoms with E-state index in [1.54, 1.807) is 0 Å². The smallest absolute Gasteiger partial charge is 0.222 e. The monoisotopic (exact) mass is 315 g/mol. The molecule has 0 radical (unpaired) electrons. The lowest BCUT2D eigenvalue weighted by molar-refractivity contribution is -0.123. The maximum absolute atomic E-state index is 12.5. The van der Waals surface area contributed by atoms with Gasteiger partial charge in [-0.05, 0) is 51.6 Å². The fourth-order valence-corrected chi connectivity index (χ4v) is 3.77. The molecule has 4 nitrogen and oxygen atoms in total. The van der Waals surface area contributed by atoms with Gasteiger partial charge in [-0.1, -0.05) is 29.8 Å². The molecule has 4 heteroatoms. The van der Waals surface area contributed by atoms with Gasteiger partial charge in [-0.2, -0.15) is 0 Å². The maximum Gasteiger partial charge on any atom is 0.222 e. The number of nitrogens with zero attached hydrogens (tertiary/aromatic N) is 1. The third-order valence-electron chi connectivity index (χ3n) is 5.60. The van der Waals surface area contributed by atoms with Gasteiger partial charge < -0.3 is 11.1 Å². The molecule has 0 spiro atoms. The Labute approximate surface area is 139 Å². The van der Waals surface area contributed by atoms with E-state index in [4.69, 9.17) is 5.73 Å². The summed E-state index contributed by atoms with van der Waals surface area (Å²) in [5, 5.41) is 3.31. The predicted octanol–water partition coefficient (Wildman–Crippen LogP) is 2.00. The number of hydrogen-bond acceptors (Lipinski definition) is 3. The van der Waals surface area contributed by atoms with Crippen LogP contribution in [0.25, 0.3) is 0 Å². The van der Waals surface area contributed by atoms with E-state index in [-0.39, 0.29) is 11.4 Å². The lowest BCUT2D eigenvalue weighted by Crippen LogP contribution is -2.43. The van der Waals surface area contributed by atoms with Gasteiger partial charge >= 0.3 is 0 Å². The summed E-state index contributed by atoms with van der Waals surface area (Å²) in [6.45, 7) is 2.79. The summed E-state index contributed by atoms with van der Waals surface area (Å²) in [5.74, 6) is 0.198. The second kappa shape index (κ2) is 6.62. The second-order valence-corrected chi connectivity index (χ2v) is 7.48. The molecule has 1 amide bonds. The quantitative estimate of drug-likeness (QED) is 0.844. The van der Waals surface area contributed by atoms with E-state index in [1.165, 1.54) is 11.1 Å². The van der Waals surface area contributed by atoms with Crippen LogP contribution in [0.4, 0.5) is 0 Å². The zero-order valence-corrected chi connectivity index (χ0v) is 14.3. The fraction of sp³-hybridized carbons (Fsp3) is 0.632. The molecule has 126 valence electrons. The maximum atomic E-state index is 12.5. The minimum absolute atomic E-state index is 0.0107. The zero-order valence-electron chi connectivity index (χ0n) is 14.3. The normalized spacial score (nSPS) is 26.2. The molecule has 0 aromatic heterocycles. The van der Waals surface area contributed by atoms with Gasteiger partial charge in [-0.3, -0.25) is 9.69 Å².